The Labute approximate surface area is 176 Å². The lowest BCUT2D eigenvalue weighted by molar-refractivity contribution is -0.121. The van der Waals surface area contributed by atoms with E-state index in [2.05, 4.69) is 5.32 Å². The molecular formula is C21H25ClN2O4S. The molecule has 1 aliphatic rings. The largest absolute Gasteiger partial charge is 0.493 e. The zero-order valence-corrected chi connectivity index (χ0v) is 17.7. The fraction of sp³-hybridized carbons (Fsp3) is 0.381. The van der Waals surface area contributed by atoms with Gasteiger partial charge in [-0.2, -0.15) is 4.31 Å². The van der Waals surface area contributed by atoms with Crippen molar-refractivity contribution in [3.05, 3.63) is 59.1 Å². The van der Waals surface area contributed by atoms with Crippen molar-refractivity contribution in [1.82, 2.24) is 9.62 Å². The zero-order chi connectivity index (χ0) is 20.7. The van der Waals surface area contributed by atoms with E-state index in [0.717, 1.165) is 24.8 Å². The van der Waals surface area contributed by atoms with Crippen molar-refractivity contribution in [3.8, 4) is 5.75 Å². The summed E-state index contributed by atoms with van der Waals surface area (Å²) in [4.78, 5) is 12.3. The van der Waals surface area contributed by atoms with Crippen LogP contribution in [-0.2, 0) is 21.4 Å². The summed E-state index contributed by atoms with van der Waals surface area (Å²) < 4.78 is 32.6. The van der Waals surface area contributed by atoms with Gasteiger partial charge in [0.05, 0.1) is 17.9 Å². The molecule has 29 heavy (non-hydrogen) atoms. The molecule has 2 aromatic carbocycles. The summed E-state index contributed by atoms with van der Waals surface area (Å²) >= 11 is 5.82. The maximum atomic E-state index is 12.8. The van der Waals surface area contributed by atoms with Crippen LogP contribution in [0.4, 0.5) is 0 Å². The molecule has 0 radical (unpaired) electrons. The van der Waals surface area contributed by atoms with Gasteiger partial charge >= 0.3 is 0 Å². The molecule has 156 valence electrons. The van der Waals surface area contributed by atoms with Gasteiger partial charge in [0.1, 0.15) is 5.75 Å². The van der Waals surface area contributed by atoms with Crippen LogP contribution in [0, 0.1) is 0 Å². The number of benzene rings is 2. The molecule has 0 spiro atoms. The Morgan fingerprint density at radius 3 is 2.52 bits per heavy atom. The molecule has 0 unspecified atom stereocenters. The van der Waals surface area contributed by atoms with Crippen molar-refractivity contribution in [2.75, 3.05) is 19.7 Å². The lowest BCUT2D eigenvalue weighted by Gasteiger charge is -2.26. The van der Waals surface area contributed by atoms with Crippen molar-refractivity contribution >= 4 is 27.5 Å². The Hall–Kier alpha value is -2.09. The smallest absolute Gasteiger partial charge is 0.243 e. The Kier molecular flexibility index (Phi) is 7.52. The number of rotatable bonds is 8. The highest BCUT2D eigenvalue weighted by molar-refractivity contribution is 7.89. The first-order valence-electron chi connectivity index (χ1n) is 9.69. The van der Waals surface area contributed by atoms with E-state index in [0.29, 0.717) is 23.9 Å². The molecule has 1 fully saturated rings. The number of halogens is 1. The van der Waals surface area contributed by atoms with Crippen LogP contribution >= 0.6 is 11.6 Å². The van der Waals surface area contributed by atoms with Crippen molar-refractivity contribution in [2.45, 2.75) is 37.1 Å². The third-order valence-corrected chi connectivity index (χ3v) is 6.90. The quantitative estimate of drug-likeness (QED) is 0.686. The maximum absolute atomic E-state index is 12.8. The summed E-state index contributed by atoms with van der Waals surface area (Å²) in [6, 6.07) is 13.7. The van der Waals surface area contributed by atoms with Crippen molar-refractivity contribution in [2.24, 2.45) is 0 Å². The highest BCUT2D eigenvalue weighted by Crippen LogP contribution is 2.21. The number of nitrogens with one attached hydrogen (secondary N) is 1. The van der Waals surface area contributed by atoms with E-state index in [9.17, 15) is 13.2 Å². The number of amides is 1. The number of hydrogen-bond acceptors (Lipinski definition) is 4. The summed E-state index contributed by atoms with van der Waals surface area (Å²) in [5.41, 5.74) is 0.745. The fourth-order valence-electron chi connectivity index (χ4n) is 3.15. The Balaban J connectivity index is 1.49. The van der Waals surface area contributed by atoms with Crippen LogP contribution in [0.25, 0.3) is 0 Å². The van der Waals surface area contributed by atoms with Gasteiger partial charge < -0.3 is 10.1 Å². The van der Waals surface area contributed by atoms with Crippen molar-refractivity contribution in [3.63, 3.8) is 0 Å². The first-order chi connectivity index (χ1) is 13.9. The predicted octanol–water partition coefficient (Wildman–Crippen LogP) is 3.60. The monoisotopic (exact) mass is 436 g/mol. The molecule has 0 aliphatic carbocycles. The molecule has 3 rings (SSSR count). The minimum Gasteiger partial charge on any atom is -0.493 e. The SMILES string of the molecule is O=C(CCOc1ccc(Cl)cc1)NCc1cccc(S(=O)(=O)N2CCCCC2)c1. The number of piperidine rings is 1. The van der Waals surface area contributed by atoms with Crippen LogP contribution < -0.4 is 10.1 Å². The fourth-order valence-corrected chi connectivity index (χ4v) is 4.87. The number of hydrogen-bond donors (Lipinski definition) is 1. The molecule has 1 amide bonds. The summed E-state index contributed by atoms with van der Waals surface area (Å²) in [7, 11) is -3.48. The van der Waals surface area contributed by atoms with Crippen LogP contribution in [0.3, 0.4) is 0 Å². The van der Waals surface area contributed by atoms with Crippen LogP contribution in [-0.4, -0.2) is 38.3 Å². The highest BCUT2D eigenvalue weighted by atomic mass is 35.5. The third kappa shape index (κ3) is 6.19. The predicted molar refractivity (Wildman–Crippen MR) is 112 cm³/mol. The molecule has 0 bridgehead atoms. The maximum Gasteiger partial charge on any atom is 0.243 e. The minimum absolute atomic E-state index is 0.164. The Bertz CT molecular complexity index is 926. The molecule has 1 N–H and O–H groups in total. The van der Waals surface area contributed by atoms with Crippen LogP contribution in [0.1, 0.15) is 31.2 Å². The molecule has 8 heteroatoms. The molecule has 6 nitrogen and oxygen atoms in total. The van der Waals surface area contributed by atoms with Gasteiger partial charge in [0.25, 0.3) is 0 Å². The standard InChI is InChI=1S/C21H25ClN2O4S/c22-18-7-9-19(10-8-18)28-14-11-21(25)23-16-17-5-4-6-20(15-17)29(26,27)24-12-2-1-3-13-24/h4-10,15H,1-3,11-14,16H2,(H,23,25). The number of sulfonamides is 1. The lowest BCUT2D eigenvalue weighted by Crippen LogP contribution is -2.35. The van der Waals surface area contributed by atoms with E-state index in [1.807, 2.05) is 0 Å². The first kappa shape index (κ1) is 21.6. The number of ether oxygens (including phenoxy) is 1. The minimum atomic E-state index is -3.48. The number of carbonyl (C=O) groups excluding carboxylic acids is 1. The van der Waals surface area contributed by atoms with E-state index in [-0.39, 0.29) is 30.4 Å². The van der Waals surface area contributed by atoms with Gasteiger partial charge in [0, 0.05) is 24.7 Å². The third-order valence-electron chi connectivity index (χ3n) is 4.75. The zero-order valence-electron chi connectivity index (χ0n) is 16.1. The van der Waals surface area contributed by atoms with Gasteiger partial charge in [0.15, 0.2) is 0 Å². The topological polar surface area (TPSA) is 75.7 Å². The van der Waals surface area contributed by atoms with E-state index in [4.69, 9.17) is 16.3 Å². The second kappa shape index (κ2) is 10.1. The second-order valence-corrected chi connectivity index (χ2v) is 9.32. The van der Waals surface area contributed by atoms with Crippen molar-refractivity contribution in [1.29, 1.82) is 0 Å². The van der Waals surface area contributed by atoms with Crippen molar-refractivity contribution < 1.29 is 17.9 Å². The Morgan fingerprint density at radius 1 is 1.07 bits per heavy atom. The van der Waals surface area contributed by atoms with Gasteiger partial charge in [-0.25, -0.2) is 8.42 Å². The molecule has 1 heterocycles. The van der Waals surface area contributed by atoms with Gasteiger partial charge in [-0.3, -0.25) is 4.79 Å². The first-order valence-corrected chi connectivity index (χ1v) is 11.5. The molecule has 2 aromatic rings. The molecule has 0 atom stereocenters. The van der Waals surface area contributed by atoms with E-state index in [1.54, 1.807) is 52.8 Å². The summed E-state index contributed by atoms with van der Waals surface area (Å²) in [6.07, 6.45) is 3.06. The van der Waals surface area contributed by atoms with Gasteiger partial charge in [-0.15, -0.1) is 0 Å². The molecule has 1 aliphatic heterocycles. The van der Waals surface area contributed by atoms with Crippen LogP contribution in [0.5, 0.6) is 5.75 Å². The van der Waals surface area contributed by atoms with E-state index < -0.39 is 10.0 Å². The second-order valence-electron chi connectivity index (χ2n) is 6.94. The number of carbonyl (C=O) groups is 1. The molecule has 1 saturated heterocycles. The lowest BCUT2D eigenvalue weighted by atomic mass is 10.2. The van der Waals surface area contributed by atoms with Crippen LogP contribution in [0.2, 0.25) is 5.02 Å². The average molecular weight is 437 g/mol. The van der Waals surface area contributed by atoms with E-state index in [1.165, 1.54) is 0 Å². The van der Waals surface area contributed by atoms with Gasteiger partial charge in [-0.1, -0.05) is 30.2 Å². The molecule has 0 saturated carbocycles. The van der Waals surface area contributed by atoms with Crippen LogP contribution in [0.15, 0.2) is 53.4 Å². The summed E-state index contributed by atoms with van der Waals surface area (Å²) in [5.74, 6) is 0.487. The highest BCUT2D eigenvalue weighted by Gasteiger charge is 2.25. The Morgan fingerprint density at radius 2 is 1.79 bits per heavy atom. The summed E-state index contributed by atoms with van der Waals surface area (Å²) in [6.45, 7) is 1.65. The number of nitrogens with zero attached hydrogens (tertiary/aromatic N) is 1. The molecule has 0 aromatic heterocycles. The summed E-state index contributed by atoms with van der Waals surface area (Å²) in [5, 5.41) is 3.43. The van der Waals surface area contributed by atoms with Gasteiger partial charge in [0.2, 0.25) is 15.9 Å². The average Bonchev–Trinajstić information content (AvgIpc) is 2.74. The van der Waals surface area contributed by atoms with Gasteiger partial charge in [-0.05, 0) is 54.8 Å². The van der Waals surface area contributed by atoms with E-state index >= 15 is 0 Å². The normalized spacial score (nSPS) is 15.1. The molecular weight excluding hydrogens is 412 g/mol.